The van der Waals surface area contributed by atoms with Gasteiger partial charge in [-0.25, -0.2) is 4.98 Å². The number of anilines is 1. The number of benzene rings is 2. The summed E-state index contributed by atoms with van der Waals surface area (Å²) in [6.07, 6.45) is 2.61. The molecule has 2 N–H and O–H groups in total. The third-order valence-electron chi connectivity index (χ3n) is 5.86. The Morgan fingerprint density at radius 3 is 2.64 bits per heavy atom. The Bertz CT molecular complexity index is 1300. The van der Waals surface area contributed by atoms with Crippen LogP contribution in [0.5, 0.6) is 11.5 Å². The van der Waals surface area contributed by atoms with Gasteiger partial charge in [0.2, 0.25) is 5.91 Å². The van der Waals surface area contributed by atoms with Crippen molar-refractivity contribution in [2.24, 2.45) is 5.92 Å². The van der Waals surface area contributed by atoms with Crippen molar-refractivity contribution in [2.75, 3.05) is 12.4 Å². The van der Waals surface area contributed by atoms with Crippen molar-refractivity contribution in [3.63, 3.8) is 0 Å². The van der Waals surface area contributed by atoms with Gasteiger partial charge in [0, 0.05) is 23.1 Å². The Morgan fingerprint density at radius 2 is 1.88 bits per heavy atom. The SMILES string of the molecule is COc1ccc(C2CC2C(=O)Nc2cc(-c3n[nH]c4ccc(OC(C)C)cc34)ccn2)cc1. The van der Waals surface area contributed by atoms with Crippen molar-refractivity contribution in [1.29, 1.82) is 0 Å². The summed E-state index contributed by atoms with van der Waals surface area (Å²) >= 11 is 0. The molecule has 2 aromatic carbocycles. The van der Waals surface area contributed by atoms with E-state index in [9.17, 15) is 4.79 Å². The first-order valence-corrected chi connectivity index (χ1v) is 11.1. The minimum atomic E-state index is -0.0502. The van der Waals surface area contributed by atoms with E-state index in [1.807, 2.05) is 68.4 Å². The fraction of sp³-hybridized carbons (Fsp3) is 0.269. The van der Waals surface area contributed by atoms with E-state index >= 15 is 0 Å². The third kappa shape index (κ3) is 4.39. The van der Waals surface area contributed by atoms with Crippen molar-refractivity contribution < 1.29 is 14.3 Å². The molecule has 2 unspecified atom stereocenters. The lowest BCUT2D eigenvalue weighted by molar-refractivity contribution is -0.117. The van der Waals surface area contributed by atoms with Crippen LogP contribution in [0.25, 0.3) is 22.2 Å². The summed E-state index contributed by atoms with van der Waals surface area (Å²) in [5, 5.41) is 11.5. The molecule has 2 heterocycles. The van der Waals surface area contributed by atoms with Crippen LogP contribution in [0, 0.1) is 5.92 Å². The Hall–Kier alpha value is -3.87. The van der Waals surface area contributed by atoms with Crippen molar-refractivity contribution in [3.05, 3.63) is 66.4 Å². The van der Waals surface area contributed by atoms with Gasteiger partial charge >= 0.3 is 0 Å². The molecule has 0 saturated heterocycles. The molecule has 2 atom stereocenters. The molecule has 7 nitrogen and oxygen atoms in total. The summed E-state index contributed by atoms with van der Waals surface area (Å²) in [7, 11) is 1.65. The number of fused-ring (bicyclic) bond motifs is 1. The van der Waals surface area contributed by atoms with E-state index in [-0.39, 0.29) is 23.8 Å². The van der Waals surface area contributed by atoms with Gasteiger partial charge in [0.25, 0.3) is 0 Å². The number of carbonyl (C=O) groups is 1. The highest BCUT2D eigenvalue weighted by molar-refractivity contribution is 5.97. The van der Waals surface area contributed by atoms with Gasteiger partial charge in [0.15, 0.2) is 0 Å². The Balaban J connectivity index is 1.32. The summed E-state index contributed by atoms with van der Waals surface area (Å²) in [5.41, 5.74) is 3.74. The zero-order valence-electron chi connectivity index (χ0n) is 18.8. The van der Waals surface area contributed by atoms with Crippen LogP contribution >= 0.6 is 0 Å². The molecule has 0 aliphatic heterocycles. The van der Waals surface area contributed by atoms with Gasteiger partial charge in [-0.1, -0.05) is 12.1 Å². The zero-order valence-corrected chi connectivity index (χ0v) is 18.8. The molecule has 1 fully saturated rings. The van der Waals surface area contributed by atoms with E-state index in [2.05, 4.69) is 20.5 Å². The molecule has 168 valence electrons. The molecule has 1 aliphatic carbocycles. The maximum Gasteiger partial charge on any atom is 0.229 e. The zero-order chi connectivity index (χ0) is 22.9. The largest absolute Gasteiger partial charge is 0.497 e. The molecular formula is C26H26N4O3. The van der Waals surface area contributed by atoms with Crippen molar-refractivity contribution in [1.82, 2.24) is 15.2 Å². The Kier molecular flexibility index (Phi) is 5.46. The van der Waals surface area contributed by atoms with Crippen LogP contribution in [0.4, 0.5) is 5.82 Å². The fourth-order valence-electron chi connectivity index (χ4n) is 4.13. The summed E-state index contributed by atoms with van der Waals surface area (Å²) in [6, 6.07) is 17.5. The number of hydrogen-bond acceptors (Lipinski definition) is 5. The van der Waals surface area contributed by atoms with Gasteiger partial charge in [-0.05, 0) is 74.2 Å². The molecule has 0 spiro atoms. The minimum Gasteiger partial charge on any atom is -0.497 e. The Morgan fingerprint density at radius 1 is 1.09 bits per heavy atom. The quantitative estimate of drug-likeness (QED) is 0.413. The second-order valence-corrected chi connectivity index (χ2v) is 8.59. The molecule has 33 heavy (non-hydrogen) atoms. The summed E-state index contributed by atoms with van der Waals surface area (Å²) in [6.45, 7) is 3.99. The Labute approximate surface area is 192 Å². The van der Waals surface area contributed by atoms with Gasteiger partial charge in [-0.2, -0.15) is 5.10 Å². The molecule has 1 saturated carbocycles. The van der Waals surface area contributed by atoms with E-state index in [1.54, 1.807) is 13.3 Å². The number of aromatic nitrogens is 3. The van der Waals surface area contributed by atoms with Gasteiger partial charge < -0.3 is 14.8 Å². The molecule has 7 heteroatoms. The number of nitrogens with one attached hydrogen (secondary N) is 2. The number of H-pyrrole nitrogens is 1. The van der Waals surface area contributed by atoms with Gasteiger partial charge in [0.05, 0.1) is 18.7 Å². The smallest absolute Gasteiger partial charge is 0.229 e. The van der Waals surface area contributed by atoms with E-state index in [0.717, 1.165) is 45.6 Å². The predicted octanol–water partition coefficient (Wildman–Crippen LogP) is 5.16. The van der Waals surface area contributed by atoms with Crippen molar-refractivity contribution in [3.8, 4) is 22.8 Å². The maximum atomic E-state index is 12.8. The number of ether oxygens (including phenoxy) is 2. The first-order chi connectivity index (χ1) is 16.0. The van der Waals surface area contributed by atoms with Gasteiger partial charge in [-0.3, -0.25) is 9.89 Å². The highest BCUT2D eigenvalue weighted by atomic mass is 16.5. The standard InChI is InChI=1S/C26H26N4O3/c1-15(2)33-19-8-9-23-22(13-19)25(30-29-23)17-10-11-27-24(12-17)28-26(31)21-14-20(21)16-4-6-18(32-3)7-5-16/h4-13,15,20-21H,14H2,1-3H3,(H,29,30)(H,27,28,31). The first-order valence-electron chi connectivity index (χ1n) is 11.1. The lowest BCUT2D eigenvalue weighted by Crippen LogP contribution is -2.15. The number of nitrogens with zero attached hydrogens (tertiary/aromatic N) is 2. The average Bonchev–Trinajstić information content (AvgIpc) is 3.51. The average molecular weight is 443 g/mol. The second kappa shape index (κ2) is 8.58. The van der Waals surface area contributed by atoms with Crippen LogP contribution in [-0.4, -0.2) is 34.3 Å². The molecular weight excluding hydrogens is 416 g/mol. The molecule has 2 aromatic heterocycles. The first kappa shape index (κ1) is 21.0. The number of methoxy groups -OCH3 is 1. The number of amides is 1. The number of carbonyl (C=O) groups excluding carboxylic acids is 1. The number of hydrogen-bond donors (Lipinski definition) is 2. The molecule has 4 aromatic rings. The fourth-order valence-corrected chi connectivity index (χ4v) is 4.13. The molecule has 0 radical (unpaired) electrons. The van der Waals surface area contributed by atoms with Crippen molar-refractivity contribution in [2.45, 2.75) is 32.3 Å². The highest BCUT2D eigenvalue weighted by Gasteiger charge is 2.44. The van der Waals surface area contributed by atoms with Crippen LogP contribution in [0.3, 0.4) is 0 Å². The molecule has 1 amide bonds. The van der Waals surface area contributed by atoms with E-state index in [1.165, 1.54) is 0 Å². The van der Waals surface area contributed by atoms with E-state index < -0.39 is 0 Å². The lowest BCUT2D eigenvalue weighted by atomic mass is 10.1. The molecule has 5 rings (SSSR count). The minimum absolute atomic E-state index is 0.0139. The predicted molar refractivity (Wildman–Crippen MR) is 128 cm³/mol. The molecule has 0 bridgehead atoms. The summed E-state index contributed by atoms with van der Waals surface area (Å²) < 4.78 is 11.0. The number of aromatic amines is 1. The van der Waals surface area contributed by atoms with Crippen molar-refractivity contribution >= 4 is 22.6 Å². The number of rotatable bonds is 7. The van der Waals surface area contributed by atoms with Crippen LogP contribution in [0.2, 0.25) is 0 Å². The third-order valence-corrected chi connectivity index (χ3v) is 5.86. The summed E-state index contributed by atoms with van der Waals surface area (Å²) in [4.78, 5) is 17.2. The van der Waals surface area contributed by atoms with Crippen LogP contribution in [0.15, 0.2) is 60.8 Å². The second-order valence-electron chi connectivity index (χ2n) is 8.59. The van der Waals surface area contributed by atoms with Gasteiger partial charge in [0.1, 0.15) is 23.0 Å². The van der Waals surface area contributed by atoms with E-state index in [0.29, 0.717) is 5.82 Å². The topological polar surface area (TPSA) is 89.1 Å². The summed E-state index contributed by atoms with van der Waals surface area (Å²) in [5.74, 6) is 2.29. The number of pyridine rings is 1. The van der Waals surface area contributed by atoms with Crippen LogP contribution in [0.1, 0.15) is 31.7 Å². The normalized spacial score (nSPS) is 17.2. The monoisotopic (exact) mass is 442 g/mol. The van der Waals surface area contributed by atoms with Crippen LogP contribution < -0.4 is 14.8 Å². The maximum absolute atomic E-state index is 12.8. The highest BCUT2D eigenvalue weighted by Crippen LogP contribution is 2.48. The van der Waals surface area contributed by atoms with E-state index in [4.69, 9.17) is 9.47 Å². The van der Waals surface area contributed by atoms with Crippen LogP contribution in [-0.2, 0) is 4.79 Å². The van der Waals surface area contributed by atoms with Gasteiger partial charge in [-0.15, -0.1) is 0 Å². The lowest BCUT2D eigenvalue weighted by Gasteiger charge is -2.09. The molecule has 1 aliphatic rings.